The lowest BCUT2D eigenvalue weighted by Gasteiger charge is -2.27. The van der Waals surface area contributed by atoms with Gasteiger partial charge in [0.15, 0.2) is 0 Å². The van der Waals surface area contributed by atoms with E-state index in [9.17, 15) is 8.78 Å². The van der Waals surface area contributed by atoms with Crippen LogP contribution in [0.25, 0.3) is 9.69 Å². The molecule has 1 aliphatic rings. The molecule has 0 N–H and O–H groups in total. The summed E-state index contributed by atoms with van der Waals surface area (Å²) in [5, 5.41) is 0. The molecule has 0 aromatic rings. The van der Waals surface area contributed by atoms with Crippen LogP contribution < -0.4 is 0 Å². The number of hydrogen-bond acceptors (Lipinski definition) is 0. The SMILES string of the molecule is [C-]#[N+]CC1([N+]#[C-])CCC(F)(F)CC1. The van der Waals surface area contributed by atoms with E-state index in [0.29, 0.717) is 0 Å². The van der Waals surface area contributed by atoms with Gasteiger partial charge in [0, 0.05) is 25.7 Å². The molecular weight excluding hydrogens is 174 g/mol. The molecule has 13 heavy (non-hydrogen) atoms. The van der Waals surface area contributed by atoms with E-state index in [2.05, 4.69) is 9.69 Å². The quantitative estimate of drug-likeness (QED) is 0.554. The Bertz CT molecular complexity index is 262. The van der Waals surface area contributed by atoms with Gasteiger partial charge in [0.2, 0.25) is 5.92 Å². The second-order valence-corrected chi connectivity index (χ2v) is 3.51. The zero-order chi connectivity index (χ0) is 9.95. The standard InChI is InChI=1S/C9H10F2N2/c1-12-7-8(13-2)3-5-9(10,11)6-4-8/h3-7H2. The molecule has 1 rings (SSSR count). The molecule has 1 fully saturated rings. The summed E-state index contributed by atoms with van der Waals surface area (Å²) in [6, 6.07) is 0. The molecule has 1 aliphatic carbocycles. The lowest BCUT2D eigenvalue weighted by Crippen LogP contribution is -2.37. The molecule has 0 spiro atoms. The van der Waals surface area contributed by atoms with E-state index < -0.39 is 11.5 Å². The Balaban J connectivity index is 2.66. The number of hydrogen-bond donors (Lipinski definition) is 0. The van der Waals surface area contributed by atoms with E-state index >= 15 is 0 Å². The minimum Gasteiger partial charge on any atom is -0.308 e. The summed E-state index contributed by atoms with van der Waals surface area (Å²) in [6.07, 6.45) is -0.173. The normalized spacial score (nSPS) is 24.3. The van der Waals surface area contributed by atoms with E-state index in [-0.39, 0.29) is 32.2 Å². The highest BCUT2D eigenvalue weighted by atomic mass is 19.3. The molecular formula is C9H10F2N2. The van der Waals surface area contributed by atoms with Gasteiger partial charge in [-0.3, -0.25) is 0 Å². The first-order valence-corrected chi connectivity index (χ1v) is 4.13. The fourth-order valence-electron chi connectivity index (χ4n) is 1.53. The van der Waals surface area contributed by atoms with Crippen molar-refractivity contribution in [1.29, 1.82) is 0 Å². The Kier molecular flexibility index (Phi) is 2.52. The summed E-state index contributed by atoms with van der Waals surface area (Å²) < 4.78 is 25.5. The molecule has 4 heteroatoms. The fourth-order valence-corrected chi connectivity index (χ4v) is 1.53. The maximum absolute atomic E-state index is 12.7. The van der Waals surface area contributed by atoms with Crippen molar-refractivity contribution in [3.05, 3.63) is 22.8 Å². The van der Waals surface area contributed by atoms with Crippen LogP contribution in [-0.2, 0) is 0 Å². The first-order valence-electron chi connectivity index (χ1n) is 4.13. The molecule has 0 aromatic carbocycles. The molecule has 0 amide bonds. The van der Waals surface area contributed by atoms with E-state index in [4.69, 9.17) is 13.1 Å². The number of halogens is 2. The summed E-state index contributed by atoms with van der Waals surface area (Å²) in [5.74, 6) is -2.61. The van der Waals surface area contributed by atoms with E-state index in [1.165, 1.54) is 0 Å². The molecule has 1 saturated carbocycles. The Morgan fingerprint density at radius 2 is 1.62 bits per heavy atom. The summed E-state index contributed by atoms with van der Waals surface area (Å²) in [4.78, 5) is 6.48. The molecule has 0 bridgehead atoms. The van der Waals surface area contributed by atoms with Gasteiger partial charge in [-0.15, -0.1) is 0 Å². The van der Waals surface area contributed by atoms with E-state index in [1.54, 1.807) is 0 Å². The highest BCUT2D eigenvalue weighted by molar-refractivity contribution is 5.07. The van der Waals surface area contributed by atoms with Crippen molar-refractivity contribution in [1.82, 2.24) is 0 Å². The fraction of sp³-hybridized carbons (Fsp3) is 0.778. The van der Waals surface area contributed by atoms with Crippen molar-refractivity contribution < 1.29 is 8.78 Å². The third kappa shape index (κ3) is 2.15. The molecule has 0 aliphatic heterocycles. The highest BCUT2D eigenvalue weighted by Crippen LogP contribution is 2.40. The zero-order valence-corrected chi connectivity index (χ0v) is 7.19. The van der Waals surface area contributed by atoms with Gasteiger partial charge in [-0.05, 0) is 0 Å². The smallest absolute Gasteiger partial charge is 0.303 e. The first-order chi connectivity index (χ1) is 6.04. The van der Waals surface area contributed by atoms with Crippen molar-refractivity contribution in [3.63, 3.8) is 0 Å². The average molecular weight is 184 g/mol. The molecule has 0 heterocycles. The highest BCUT2D eigenvalue weighted by Gasteiger charge is 2.50. The maximum Gasteiger partial charge on any atom is 0.303 e. The third-order valence-electron chi connectivity index (χ3n) is 2.52. The minimum absolute atomic E-state index is 0.0621. The van der Waals surface area contributed by atoms with Crippen molar-refractivity contribution in [3.8, 4) is 0 Å². The van der Waals surface area contributed by atoms with Gasteiger partial charge in [-0.25, -0.2) is 21.9 Å². The third-order valence-corrected chi connectivity index (χ3v) is 2.52. The summed E-state index contributed by atoms with van der Waals surface area (Å²) >= 11 is 0. The molecule has 0 radical (unpaired) electrons. The number of alkyl halides is 2. The molecule has 70 valence electrons. The lowest BCUT2D eigenvalue weighted by atomic mass is 9.80. The second kappa shape index (κ2) is 3.30. The predicted octanol–water partition coefficient (Wildman–Crippen LogP) is 2.77. The van der Waals surface area contributed by atoms with Crippen LogP contribution in [0.3, 0.4) is 0 Å². The van der Waals surface area contributed by atoms with Crippen LogP contribution in [0.1, 0.15) is 25.7 Å². The summed E-state index contributed by atoms with van der Waals surface area (Å²) in [5.41, 5.74) is -0.816. The van der Waals surface area contributed by atoms with Gasteiger partial charge in [0.1, 0.15) is 0 Å². The molecule has 0 saturated heterocycles. The topological polar surface area (TPSA) is 8.72 Å². The van der Waals surface area contributed by atoms with Crippen LogP contribution in [0.4, 0.5) is 8.78 Å². The summed E-state index contributed by atoms with van der Waals surface area (Å²) in [7, 11) is 0. The average Bonchev–Trinajstić information content (AvgIpc) is 2.10. The summed E-state index contributed by atoms with van der Waals surface area (Å²) in [6.45, 7) is 13.6. The first kappa shape index (κ1) is 9.92. The van der Waals surface area contributed by atoms with Crippen LogP contribution in [0.5, 0.6) is 0 Å². The van der Waals surface area contributed by atoms with E-state index in [0.717, 1.165) is 0 Å². The molecule has 0 aromatic heterocycles. The van der Waals surface area contributed by atoms with Crippen LogP contribution in [-0.4, -0.2) is 18.0 Å². The zero-order valence-electron chi connectivity index (χ0n) is 7.19. The second-order valence-electron chi connectivity index (χ2n) is 3.51. The van der Waals surface area contributed by atoms with Gasteiger partial charge in [-0.1, -0.05) is 0 Å². The van der Waals surface area contributed by atoms with Gasteiger partial charge in [0.05, 0.1) is 0 Å². The van der Waals surface area contributed by atoms with E-state index in [1.807, 2.05) is 0 Å². The predicted molar refractivity (Wildman–Crippen MR) is 44.2 cm³/mol. The van der Waals surface area contributed by atoms with Gasteiger partial charge in [-0.2, -0.15) is 0 Å². The van der Waals surface area contributed by atoms with Crippen LogP contribution in [0.15, 0.2) is 0 Å². The van der Waals surface area contributed by atoms with Crippen molar-refractivity contribution in [2.45, 2.75) is 37.1 Å². The Morgan fingerprint density at radius 1 is 1.08 bits per heavy atom. The number of nitrogens with zero attached hydrogens (tertiary/aromatic N) is 2. The van der Waals surface area contributed by atoms with Crippen molar-refractivity contribution in [2.75, 3.05) is 6.54 Å². The van der Waals surface area contributed by atoms with Crippen LogP contribution in [0, 0.1) is 13.1 Å². The Morgan fingerprint density at radius 3 is 2.00 bits per heavy atom. The van der Waals surface area contributed by atoms with Crippen molar-refractivity contribution in [2.24, 2.45) is 0 Å². The largest absolute Gasteiger partial charge is 0.308 e. The Labute approximate surface area is 76.2 Å². The molecule has 0 atom stereocenters. The maximum atomic E-state index is 12.7. The van der Waals surface area contributed by atoms with Gasteiger partial charge < -0.3 is 9.69 Å². The molecule has 0 unspecified atom stereocenters. The van der Waals surface area contributed by atoms with Gasteiger partial charge in [0.25, 0.3) is 6.54 Å². The van der Waals surface area contributed by atoms with Crippen LogP contribution >= 0.6 is 0 Å². The minimum atomic E-state index is -2.61. The molecule has 2 nitrogen and oxygen atoms in total. The number of rotatable bonds is 1. The monoisotopic (exact) mass is 184 g/mol. The van der Waals surface area contributed by atoms with Crippen molar-refractivity contribution >= 4 is 0 Å². The Hall–Kier alpha value is -1.16. The van der Waals surface area contributed by atoms with Crippen LogP contribution in [0.2, 0.25) is 0 Å². The van der Waals surface area contributed by atoms with Gasteiger partial charge >= 0.3 is 5.54 Å². The lowest BCUT2D eigenvalue weighted by molar-refractivity contribution is -0.0442.